The van der Waals surface area contributed by atoms with Gasteiger partial charge in [0, 0.05) is 6.92 Å². The molecule has 3 unspecified atom stereocenters. The molecular weight excluding hydrogens is 671 g/mol. The van der Waals surface area contributed by atoms with Crippen LogP contribution in [-0.4, -0.2) is 73.4 Å². The number of allylic oxidation sites excluding steroid dienone is 3. The van der Waals surface area contributed by atoms with Crippen molar-refractivity contribution in [3.8, 4) is 0 Å². The first kappa shape index (κ1) is 51.0. The Morgan fingerprint density at radius 1 is 0.635 bits per heavy atom. The lowest BCUT2D eigenvalue weighted by Gasteiger charge is -2.25. The third-order valence-corrected chi connectivity index (χ3v) is 10.7. The Kier molecular flexibility index (Phi) is 35.0. The van der Waals surface area contributed by atoms with Gasteiger partial charge >= 0.3 is 7.82 Å². The van der Waals surface area contributed by atoms with E-state index in [9.17, 15) is 19.4 Å². The van der Waals surface area contributed by atoms with E-state index in [-0.39, 0.29) is 19.1 Å². The lowest BCUT2D eigenvalue weighted by molar-refractivity contribution is -0.870. The number of hydrogen-bond donors (Lipinski definition) is 3. The number of unbranched alkanes of at least 4 members (excludes halogenated alkanes) is 26. The Hall–Kier alpha value is -1.02. The number of hydrogen-bond acceptors (Lipinski definition) is 5. The SMILES string of the molecule is CCCCCCCCCCCCCCCCCCCCCCCCCCC/C=C/CC/C=C/C(O)C(COP(=O)(O)OCC[N+](C)(C)C)NC(C)=O. The summed E-state index contributed by atoms with van der Waals surface area (Å²) in [7, 11) is 1.55. The second-order valence-corrected chi connectivity index (χ2v) is 17.6. The number of phosphoric ester groups is 1. The first-order valence-corrected chi connectivity index (χ1v) is 23.2. The molecule has 0 radical (unpaired) electrons. The van der Waals surface area contributed by atoms with E-state index in [4.69, 9.17) is 9.05 Å². The predicted octanol–water partition coefficient (Wildman–Crippen LogP) is 11.7. The van der Waals surface area contributed by atoms with Gasteiger partial charge in [-0.15, -0.1) is 0 Å². The van der Waals surface area contributed by atoms with E-state index in [0.29, 0.717) is 11.0 Å². The second-order valence-electron chi connectivity index (χ2n) is 16.2. The van der Waals surface area contributed by atoms with Crippen LogP contribution in [-0.2, 0) is 18.4 Å². The molecule has 0 saturated heterocycles. The lowest BCUT2D eigenvalue weighted by atomic mass is 10.0. The molecular formula is C43H86N2O6P+. The fourth-order valence-electron chi connectivity index (χ4n) is 6.33. The van der Waals surface area contributed by atoms with Crippen LogP contribution in [0.25, 0.3) is 0 Å². The van der Waals surface area contributed by atoms with Gasteiger partial charge < -0.3 is 19.8 Å². The summed E-state index contributed by atoms with van der Waals surface area (Å²) in [6.07, 6.45) is 44.9. The Balaban J connectivity index is 3.64. The smallest absolute Gasteiger partial charge is 0.387 e. The number of quaternary nitrogens is 1. The van der Waals surface area contributed by atoms with Crippen molar-refractivity contribution in [2.45, 2.75) is 206 Å². The molecule has 3 atom stereocenters. The molecule has 0 spiro atoms. The summed E-state index contributed by atoms with van der Waals surface area (Å²) in [6, 6.07) is -0.861. The third kappa shape index (κ3) is 38.7. The van der Waals surface area contributed by atoms with Gasteiger partial charge in [-0.1, -0.05) is 185 Å². The zero-order chi connectivity index (χ0) is 38.6. The minimum atomic E-state index is -4.30. The molecule has 0 aliphatic rings. The first-order valence-electron chi connectivity index (χ1n) is 21.7. The van der Waals surface area contributed by atoms with Crippen molar-refractivity contribution >= 4 is 13.7 Å². The molecule has 1 amide bonds. The number of likely N-dealkylation sites (N-methyl/N-ethyl adjacent to an activating group) is 1. The second kappa shape index (κ2) is 35.7. The van der Waals surface area contributed by atoms with Crippen molar-refractivity contribution in [3.05, 3.63) is 24.3 Å². The molecule has 0 aromatic carbocycles. The van der Waals surface area contributed by atoms with Crippen LogP contribution in [0.2, 0.25) is 0 Å². The van der Waals surface area contributed by atoms with E-state index in [1.54, 1.807) is 6.08 Å². The summed E-state index contributed by atoms with van der Waals surface area (Å²) in [5.41, 5.74) is 0. The van der Waals surface area contributed by atoms with Crippen molar-refractivity contribution in [1.82, 2.24) is 5.32 Å². The highest BCUT2D eigenvalue weighted by Crippen LogP contribution is 2.43. The molecule has 0 fully saturated rings. The van der Waals surface area contributed by atoms with Crippen molar-refractivity contribution in [2.24, 2.45) is 0 Å². The Morgan fingerprint density at radius 2 is 1.02 bits per heavy atom. The van der Waals surface area contributed by atoms with Gasteiger partial charge in [-0.2, -0.15) is 0 Å². The lowest BCUT2D eigenvalue weighted by Crippen LogP contribution is -2.44. The molecule has 0 aromatic rings. The highest BCUT2D eigenvalue weighted by molar-refractivity contribution is 7.47. The Labute approximate surface area is 322 Å². The van der Waals surface area contributed by atoms with Crippen molar-refractivity contribution < 1.29 is 32.9 Å². The molecule has 0 heterocycles. The average Bonchev–Trinajstić information content (AvgIpc) is 3.08. The Bertz CT molecular complexity index is 907. The number of nitrogens with zero attached hydrogens (tertiary/aromatic N) is 1. The average molecular weight is 758 g/mol. The van der Waals surface area contributed by atoms with Crippen LogP contribution in [0.5, 0.6) is 0 Å². The van der Waals surface area contributed by atoms with Crippen molar-refractivity contribution in [1.29, 1.82) is 0 Å². The molecule has 0 bridgehead atoms. The van der Waals surface area contributed by atoms with E-state index >= 15 is 0 Å². The summed E-state index contributed by atoms with van der Waals surface area (Å²) < 4.78 is 22.9. The van der Waals surface area contributed by atoms with Gasteiger partial charge in [0.1, 0.15) is 13.2 Å². The fourth-order valence-corrected chi connectivity index (χ4v) is 7.06. The number of carbonyl (C=O) groups excluding carboxylic acids is 1. The molecule has 308 valence electrons. The van der Waals surface area contributed by atoms with Gasteiger partial charge in [-0.3, -0.25) is 13.8 Å². The van der Waals surface area contributed by atoms with Crippen molar-refractivity contribution in [2.75, 3.05) is 40.9 Å². The maximum Gasteiger partial charge on any atom is 0.472 e. The van der Waals surface area contributed by atoms with E-state index in [0.717, 1.165) is 19.3 Å². The zero-order valence-corrected chi connectivity index (χ0v) is 35.7. The normalized spacial score (nSPS) is 14.7. The number of amides is 1. The molecule has 0 saturated carbocycles. The highest BCUT2D eigenvalue weighted by Gasteiger charge is 2.27. The van der Waals surface area contributed by atoms with Gasteiger partial charge in [0.25, 0.3) is 0 Å². The van der Waals surface area contributed by atoms with E-state index in [1.165, 1.54) is 167 Å². The molecule has 8 nitrogen and oxygen atoms in total. The van der Waals surface area contributed by atoms with E-state index < -0.39 is 20.0 Å². The van der Waals surface area contributed by atoms with Gasteiger partial charge in [-0.25, -0.2) is 4.57 Å². The summed E-state index contributed by atoms with van der Waals surface area (Å²) in [5.74, 6) is -0.362. The largest absolute Gasteiger partial charge is 0.472 e. The monoisotopic (exact) mass is 758 g/mol. The molecule has 0 aliphatic heterocycles. The molecule has 3 N–H and O–H groups in total. The molecule has 0 aliphatic carbocycles. The Morgan fingerprint density at radius 3 is 1.42 bits per heavy atom. The zero-order valence-electron chi connectivity index (χ0n) is 34.8. The van der Waals surface area contributed by atoms with Crippen LogP contribution in [0.15, 0.2) is 24.3 Å². The molecule has 52 heavy (non-hydrogen) atoms. The van der Waals surface area contributed by atoms with Gasteiger partial charge in [0.05, 0.1) is 39.9 Å². The number of carbonyl (C=O) groups is 1. The van der Waals surface area contributed by atoms with Crippen LogP contribution in [0.3, 0.4) is 0 Å². The predicted molar refractivity (Wildman–Crippen MR) is 221 cm³/mol. The number of nitrogens with one attached hydrogen (secondary N) is 1. The third-order valence-electron chi connectivity index (χ3n) is 9.71. The quantitative estimate of drug-likeness (QED) is 0.0250. The summed E-state index contributed by atoms with van der Waals surface area (Å²) in [5, 5.41) is 13.1. The number of phosphoric acid groups is 1. The number of aliphatic hydroxyl groups is 1. The number of rotatable bonds is 39. The molecule has 9 heteroatoms. The van der Waals surface area contributed by atoms with Crippen LogP contribution in [0.1, 0.15) is 194 Å². The first-order chi connectivity index (χ1) is 25.0. The highest BCUT2D eigenvalue weighted by atomic mass is 31.2. The number of aliphatic hydroxyl groups excluding tert-OH is 1. The van der Waals surface area contributed by atoms with Crippen molar-refractivity contribution in [3.63, 3.8) is 0 Å². The maximum atomic E-state index is 12.2. The van der Waals surface area contributed by atoms with E-state index in [1.807, 2.05) is 27.2 Å². The van der Waals surface area contributed by atoms with Crippen LogP contribution in [0, 0.1) is 0 Å². The van der Waals surface area contributed by atoms with Gasteiger partial charge in [0.15, 0.2) is 0 Å². The summed E-state index contributed by atoms with van der Waals surface area (Å²) in [6.45, 7) is 3.86. The topological polar surface area (TPSA) is 105 Å². The minimum absolute atomic E-state index is 0.0533. The van der Waals surface area contributed by atoms with Crippen LogP contribution in [0.4, 0.5) is 0 Å². The van der Waals surface area contributed by atoms with Gasteiger partial charge in [-0.05, 0) is 25.7 Å². The summed E-state index contributed by atoms with van der Waals surface area (Å²) in [4.78, 5) is 21.6. The minimum Gasteiger partial charge on any atom is -0.387 e. The van der Waals surface area contributed by atoms with E-state index in [2.05, 4.69) is 24.4 Å². The van der Waals surface area contributed by atoms with Gasteiger partial charge in [0.2, 0.25) is 5.91 Å². The summed E-state index contributed by atoms with van der Waals surface area (Å²) >= 11 is 0. The van der Waals surface area contributed by atoms with Crippen LogP contribution >= 0.6 is 7.82 Å². The van der Waals surface area contributed by atoms with Crippen LogP contribution < -0.4 is 5.32 Å². The molecule has 0 aromatic heterocycles. The maximum absolute atomic E-state index is 12.2. The molecule has 0 rings (SSSR count). The standard InChI is InChI=1S/C43H85N2O6P/c1-6-7-8-9-10-11-12-13-14-15-16-17-18-19-20-21-22-23-24-25-26-27-28-29-30-31-32-33-34-35-36-37-43(47)42(44-41(2)46)40-51-52(48,49)50-39-38-45(3,4)5/h32-33,36-37,42-43,47H,6-31,34-35,38-40H2,1-5H3,(H-,44,46,48,49)/p+1/b33-32+,37-36+. The fraction of sp³-hybridized carbons (Fsp3) is 0.884.